The maximum absolute atomic E-state index is 14.2. The van der Waals surface area contributed by atoms with Gasteiger partial charge in [0.05, 0.1) is 7.11 Å². The van der Waals surface area contributed by atoms with Crippen LogP contribution in [-0.4, -0.2) is 62.2 Å². The van der Waals surface area contributed by atoms with Crippen molar-refractivity contribution in [1.29, 1.82) is 0 Å². The molecule has 0 unspecified atom stereocenters. The second-order valence-corrected chi connectivity index (χ2v) is 9.90. The van der Waals surface area contributed by atoms with E-state index in [0.29, 0.717) is 13.1 Å². The number of methoxy groups -OCH3 is 2. The molecule has 5 nitrogen and oxygen atoms in total. The highest BCUT2D eigenvalue weighted by atomic mass is 19.2. The van der Waals surface area contributed by atoms with Gasteiger partial charge in [0.15, 0.2) is 11.6 Å². The van der Waals surface area contributed by atoms with Gasteiger partial charge in [-0.05, 0) is 41.3 Å². The van der Waals surface area contributed by atoms with Gasteiger partial charge in [0, 0.05) is 56.7 Å². The van der Waals surface area contributed by atoms with Crippen LogP contribution in [0.25, 0.3) is 11.1 Å². The maximum Gasteiger partial charge on any atom is 0.248 e. The quantitative estimate of drug-likeness (QED) is 0.447. The molecule has 37 heavy (non-hydrogen) atoms. The minimum Gasteiger partial charge on any atom is -0.496 e. The molecule has 0 saturated carbocycles. The molecular weight excluding hydrogens is 474 g/mol. The molecule has 3 atom stereocenters. The fourth-order valence-corrected chi connectivity index (χ4v) is 5.97. The molecule has 2 aliphatic rings. The summed E-state index contributed by atoms with van der Waals surface area (Å²) in [6.45, 7) is 2.77. The van der Waals surface area contributed by atoms with Crippen LogP contribution in [0.15, 0.2) is 66.7 Å². The van der Waals surface area contributed by atoms with E-state index >= 15 is 0 Å². The van der Waals surface area contributed by atoms with Crippen molar-refractivity contribution in [1.82, 2.24) is 9.80 Å². The molecule has 0 radical (unpaired) electrons. The number of hydrogen-bond acceptors (Lipinski definition) is 4. The monoisotopic (exact) mass is 506 g/mol. The number of carbonyl (C=O) groups excluding carboxylic acids is 1. The van der Waals surface area contributed by atoms with Gasteiger partial charge in [0.25, 0.3) is 0 Å². The van der Waals surface area contributed by atoms with Crippen molar-refractivity contribution in [2.24, 2.45) is 5.92 Å². The van der Waals surface area contributed by atoms with Gasteiger partial charge < -0.3 is 14.4 Å². The molecule has 7 heteroatoms. The highest BCUT2D eigenvalue weighted by Crippen LogP contribution is 2.42. The summed E-state index contributed by atoms with van der Waals surface area (Å²) < 4.78 is 38.4. The van der Waals surface area contributed by atoms with E-state index in [1.807, 2.05) is 29.2 Å². The van der Waals surface area contributed by atoms with Crippen LogP contribution in [-0.2, 0) is 16.1 Å². The first kappa shape index (κ1) is 25.4. The first-order chi connectivity index (χ1) is 18.0. The van der Waals surface area contributed by atoms with Crippen molar-refractivity contribution < 1.29 is 23.0 Å². The fraction of sp³-hybridized carbons (Fsp3) is 0.367. The lowest BCUT2D eigenvalue weighted by molar-refractivity contribution is -0.137. The fourth-order valence-electron chi connectivity index (χ4n) is 5.97. The van der Waals surface area contributed by atoms with Crippen LogP contribution in [0.4, 0.5) is 8.78 Å². The van der Waals surface area contributed by atoms with Crippen LogP contribution in [0.5, 0.6) is 5.75 Å². The Morgan fingerprint density at radius 1 is 0.973 bits per heavy atom. The van der Waals surface area contributed by atoms with Crippen LogP contribution in [0, 0.1) is 17.6 Å². The molecule has 0 aromatic heterocycles. The number of para-hydroxylation sites is 1. The van der Waals surface area contributed by atoms with Gasteiger partial charge in [0.1, 0.15) is 12.4 Å². The number of hydrogen-bond donors (Lipinski definition) is 0. The minimum absolute atomic E-state index is 0.00565. The summed E-state index contributed by atoms with van der Waals surface area (Å²) in [5.41, 5.74) is 4.10. The smallest absolute Gasteiger partial charge is 0.248 e. The summed E-state index contributed by atoms with van der Waals surface area (Å²) in [7, 11) is 3.19. The second kappa shape index (κ2) is 11.0. The highest BCUT2D eigenvalue weighted by Gasteiger charge is 2.46. The summed E-state index contributed by atoms with van der Waals surface area (Å²) in [6, 6.07) is 20.9. The summed E-state index contributed by atoms with van der Waals surface area (Å²) in [6.07, 6.45) is 0.833. The molecular formula is C30H32F2N2O3. The largest absolute Gasteiger partial charge is 0.496 e. The Hall–Kier alpha value is -3.29. The zero-order valence-corrected chi connectivity index (χ0v) is 21.2. The molecule has 0 N–H and O–H groups in total. The Bertz CT molecular complexity index is 1250. The van der Waals surface area contributed by atoms with E-state index in [1.54, 1.807) is 13.2 Å². The van der Waals surface area contributed by atoms with Gasteiger partial charge in [-0.15, -0.1) is 0 Å². The summed E-state index contributed by atoms with van der Waals surface area (Å²) in [5.74, 6) is -0.732. The molecule has 0 bridgehead atoms. The third kappa shape index (κ3) is 5.24. The average Bonchev–Trinajstić information content (AvgIpc) is 3.28. The number of rotatable bonds is 7. The predicted octanol–water partition coefficient (Wildman–Crippen LogP) is 5.10. The number of carbonyl (C=O) groups is 1. The summed E-state index contributed by atoms with van der Waals surface area (Å²) in [4.78, 5) is 16.9. The number of piperidine rings is 1. The maximum atomic E-state index is 14.2. The minimum atomic E-state index is -0.842. The first-order valence-electron chi connectivity index (χ1n) is 12.7. The molecule has 2 aliphatic heterocycles. The predicted molar refractivity (Wildman–Crippen MR) is 138 cm³/mol. The van der Waals surface area contributed by atoms with E-state index in [2.05, 4.69) is 29.2 Å². The molecule has 5 rings (SSSR count). The van der Waals surface area contributed by atoms with Gasteiger partial charge in [-0.25, -0.2) is 8.78 Å². The molecule has 2 heterocycles. The van der Waals surface area contributed by atoms with E-state index < -0.39 is 11.6 Å². The number of likely N-dealkylation sites (tertiary alicyclic amines) is 2. The van der Waals surface area contributed by atoms with Gasteiger partial charge in [-0.3, -0.25) is 9.69 Å². The molecule has 0 spiro atoms. The Kier molecular flexibility index (Phi) is 7.53. The third-order valence-corrected chi connectivity index (χ3v) is 7.79. The highest BCUT2D eigenvalue weighted by molar-refractivity contribution is 5.77. The van der Waals surface area contributed by atoms with E-state index in [0.717, 1.165) is 42.0 Å². The van der Waals surface area contributed by atoms with Gasteiger partial charge in [-0.1, -0.05) is 48.5 Å². The standard InChI is InChI=1S/C30H32F2N2O3/c1-36-19-30(35)33-14-13-28-25(18-33)24(22-11-12-26(31)27(32)15-22)17-34(28)16-20-7-9-21(10-8-20)23-5-3-4-6-29(23)37-2/h3-12,15,24-25,28H,13-14,16-19H2,1-2H3/t24-,25-,28-/m1/s1. The lowest BCUT2D eigenvalue weighted by Crippen LogP contribution is -2.49. The lowest BCUT2D eigenvalue weighted by Gasteiger charge is -2.39. The number of nitrogens with zero attached hydrogens (tertiary/aromatic N) is 2. The molecule has 2 fully saturated rings. The Morgan fingerprint density at radius 3 is 2.49 bits per heavy atom. The summed E-state index contributed by atoms with van der Waals surface area (Å²) >= 11 is 0. The van der Waals surface area contributed by atoms with Gasteiger partial charge in [0.2, 0.25) is 5.91 Å². The molecule has 0 aliphatic carbocycles. The Balaban J connectivity index is 1.37. The van der Waals surface area contributed by atoms with Crippen molar-refractivity contribution in [3.8, 4) is 16.9 Å². The average molecular weight is 507 g/mol. The van der Waals surface area contributed by atoms with Crippen molar-refractivity contribution in [3.05, 3.63) is 89.5 Å². The van der Waals surface area contributed by atoms with Crippen LogP contribution >= 0.6 is 0 Å². The number of fused-ring (bicyclic) bond motifs is 1. The van der Waals surface area contributed by atoms with Crippen LogP contribution in [0.2, 0.25) is 0 Å². The van der Waals surface area contributed by atoms with E-state index in [-0.39, 0.29) is 30.4 Å². The number of benzene rings is 3. The van der Waals surface area contributed by atoms with Crippen molar-refractivity contribution in [2.45, 2.75) is 24.9 Å². The van der Waals surface area contributed by atoms with E-state index in [9.17, 15) is 13.6 Å². The van der Waals surface area contributed by atoms with E-state index in [4.69, 9.17) is 9.47 Å². The third-order valence-electron chi connectivity index (χ3n) is 7.79. The van der Waals surface area contributed by atoms with Gasteiger partial charge >= 0.3 is 0 Å². The van der Waals surface area contributed by atoms with Crippen LogP contribution < -0.4 is 4.74 Å². The molecule has 1 amide bonds. The number of ether oxygens (including phenoxy) is 2. The van der Waals surface area contributed by atoms with E-state index in [1.165, 1.54) is 24.8 Å². The van der Waals surface area contributed by atoms with Crippen LogP contribution in [0.1, 0.15) is 23.5 Å². The van der Waals surface area contributed by atoms with Gasteiger partial charge in [-0.2, -0.15) is 0 Å². The molecule has 3 aromatic rings. The molecule has 3 aromatic carbocycles. The second-order valence-electron chi connectivity index (χ2n) is 9.90. The molecule has 194 valence electrons. The molecule has 2 saturated heterocycles. The zero-order valence-electron chi connectivity index (χ0n) is 21.2. The Morgan fingerprint density at radius 2 is 1.76 bits per heavy atom. The SMILES string of the molecule is COCC(=O)N1CC[C@@H]2[C@H](C1)[C@@H](c1ccc(F)c(F)c1)CN2Cc1ccc(-c2ccccc2OC)cc1. The first-order valence-corrected chi connectivity index (χ1v) is 12.7. The van der Waals surface area contributed by atoms with Crippen molar-refractivity contribution in [3.63, 3.8) is 0 Å². The van der Waals surface area contributed by atoms with Crippen LogP contribution in [0.3, 0.4) is 0 Å². The number of halogens is 2. The summed E-state index contributed by atoms with van der Waals surface area (Å²) in [5, 5.41) is 0. The number of amides is 1. The van der Waals surface area contributed by atoms with Crippen molar-refractivity contribution in [2.75, 3.05) is 40.5 Å². The zero-order chi connectivity index (χ0) is 25.9. The topological polar surface area (TPSA) is 42.0 Å². The Labute approximate surface area is 216 Å². The normalized spacial score (nSPS) is 21.6. The van der Waals surface area contributed by atoms with Crippen molar-refractivity contribution >= 4 is 5.91 Å². The lowest BCUT2D eigenvalue weighted by atomic mass is 9.81.